The fourth-order valence-corrected chi connectivity index (χ4v) is 1.70. The molecule has 0 aromatic carbocycles. The van der Waals surface area contributed by atoms with Gasteiger partial charge in [0.1, 0.15) is 24.4 Å². The van der Waals surface area contributed by atoms with E-state index in [0.29, 0.717) is 0 Å². The highest BCUT2D eigenvalue weighted by Gasteiger charge is 2.44. The highest BCUT2D eigenvalue weighted by molar-refractivity contribution is 4.90. The zero-order valence-electron chi connectivity index (χ0n) is 9.74. The maximum absolute atomic E-state index is 9.78. The Kier molecular flexibility index (Phi) is 5.10. The van der Waals surface area contributed by atoms with Crippen molar-refractivity contribution in [3.63, 3.8) is 0 Å². The molecular formula is C10H20O6. The third kappa shape index (κ3) is 3.13. The largest absolute Gasteiger partial charge is 0.387 e. The molecule has 1 heterocycles. The van der Waals surface area contributed by atoms with E-state index in [-0.39, 0.29) is 12.7 Å². The number of hydrogen-bond acceptors (Lipinski definition) is 6. The van der Waals surface area contributed by atoms with Crippen LogP contribution in [-0.2, 0) is 14.2 Å². The summed E-state index contributed by atoms with van der Waals surface area (Å²) in [6, 6.07) is 0. The molecule has 1 aliphatic heterocycles. The summed E-state index contributed by atoms with van der Waals surface area (Å²) in [7, 11) is 1.49. The van der Waals surface area contributed by atoms with Gasteiger partial charge in [0, 0.05) is 7.11 Å². The van der Waals surface area contributed by atoms with Crippen LogP contribution in [0.4, 0.5) is 0 Å². The quantitative estimate of drug-likeness (QED) is 0.572. The first-order valence-corrected chi connectivity index (χ1v) is 5.31. The van der Waals surface area contributed by atoms with Crippen molar-refractivity contribution in [1.82, 2.24) is 0 Å². The summed E-state index contributed by atoms with van der Waals surface area (Å²) < 4.78 is 15.5. The number of ether oxygens (including phenoxy) is 3. The molecule has 0 amide bonds. The predicted molar refractivity (Wildman–Crippen MR) is 54.8 cm³/mol. The number of methoxy groups -OCH3 is 1. The molecule has 0 saturated carbocycles. The van der Waals surface area contributed by atoms with Gasteiger partial charge in [0.2, 0.25) is 0 Å². The van der Waals surface area contributed by atoms with Crippen LogP contribution in [-0.4, -0.2) is 65.8 Å². The fraction of sp³-hybridized carbons (Fsp3) is 1.00. The lowest BCUT2D eigenvalue weighted by Crippen LogP contribution is -2.60. The molecule has 0 unspecified atom stereocenters. The molecule has 1 fully saturated rings. The van der Waals surface area contributed by atoms with Crippen LogP contribution in [0.25, 0.3) is 0 Å². The van der Waals surface area contributed by atoms with Crippen molar-refractivity contribution in [2.75, 3.05) is 13.7 Å². The van der Waals surface area contributed by atoms with E-state index < -0.39 is 30.7 Å². The van der Waals surface area contributed by atoms with Crippen LogP contribution in [0.3, 0.4) is 0 Å². The van der Waals surface area contributed by atoms with Crippen molar-refractivity contribution in [2.24, 2.45) is 0 Å². The SMILES string of the molecule is COC[C@H]1O[C@@H](O)[C@@H](O)[C@@H](O)[C@@H]1OC(C)C. The zero-order chi connectivity index (χ0) is 12.3. The first-order valence-electron chi connectivity index (χ1n) is 5.31. The number of rotatable bonds is 4. The lowest BCUT2D eigenvalue weighted by Gasteiger charge is -2.41. The van der Waals surface area contributed by atoms with Crippen LogP contribution >= 0.6 is 0 Å². The molecule has 1 rings (SSSR count). The van der Waals surface area contributed by atoms with Crippen LogP contribution in [0.1, 0.15) is 13.8 Å². The minimum absolute atomic E-state index is 0.120. The molecule has 96 valence electrons. The summed E-state index contributed by atoms with van der Waals surface area (Å²) in [5, 5.41) is 28.6. The van der Waals surface area contributed by atoms with Crippen molar-refractivity contribution >= 4 is 0 Å². The van der Waals surface area contributed by atoms with Gasteiger partial charge < -0.3 is 29.5 Å². The van der Waals surface area contributed by atoms with Gasteiger partial charge in [0.15, 0.2) is 6.29 Å². The van der Waals surface area contributed by atoms with E-state index >= 15 is 0 Å². The second-order valence-electron chi connectivity index (χ2n) is 4.15. The van der Waals surface area contributed by atoms with Crippen LogP contribution in [0, 0.1) is 0 Å². The summed E-state index contributed by atoms with van der Waals surface area (Å²) in [4.78, 5) is 0. The maximum Gasteiger partial charge on any atom is 0.184 e. The average molecular weight is 236 g/mol. The van der Waals surface area contributed by atoms with Gasteiger partial charge in [-0.05, 0) is 13.8 Å². The summed E-state index contributed by atoms with van der Waals surface area (Å²) in [5.74, 6) is 0. The molecule has 0 aliphatic carbocycles. The topological polar surface area (TPSA) is 88.4 Å². The van der Waals surface area contributed by atoms with Crippen molar-refractivity contribution in [3.05, 3.63) is 0 Å². The Labute approximate surface area is 94.7 Å². The Morgan fingerprint density at radius 2 is 1.81 bits per heavy atom. The Morgan fingerprint density at radius 3 is 2.31 bits per heavy atom. The molecule has 1 saturated heterocycles. The third-order valence-corrected chi connectivity index (χ3v) is 2.42. The van der Waals surface area contributed by atoms with E-state index in [1.165, 1.54) is 7.11 Å². The normalized spacial score (nSPS) is 40.3. The molecule has 1 aliphatic rings. The third-order valence-electron chi connectivity index (χ3n) is 2.42. The number of aliphatic hydroxyl groups excluding tert-OH is 3. The van der Waals surface area contributed by atoms with Gasteiger partial charge in [0.25, 0.3) is 0 Å². The molecule has 0 spiro atoms. The van der Waals surface area contributed by atoms with Crippen molar-refractivity contribution < 1.29 is 29.5 Å². The van der Waals surface area contributed by atoms with Crippen LogP contribution in [0.2, 0.25) is 0 Å². The van der Waals surface area contributed by atoms with E-state index in [1.807, 2.05) is 13.8 Å². The van der Waals surface area contributed by atoms with E-state index in [2.05, 4.69) is 0 Å². The van der Waals surface area contributed by atoms with E-state index in [9.17, 15) is 15.3 Å². The molecule has 3 N–H and O–H groups in total. The minimum atomic E-state index is -1.41. The monoisotopic (exact) mass is 236 g/mol. The van der Waals surface area contributed by atoms with Crippen LogP contribution in [0.15, 0.2) is 0 Å². The molecule has 6 heteroatoms. The first kappa shape index (κ1) is 13.8. The number of hydrogen-bond donors (Lipinski definition) is 3. The highest BCUT2D eigenvalue weighted by Crippen LogP contribution is 2.23. The number of aliphatic hydroxyl groups is 3. The summed E-state index contributed by atoms with van der Waals surface area (Å²) in [5.41, 5.74) is 0. The fourth-order valence-electron chi connectivity index (χ4n) is 1.70. The van der Waals surface area contributed by atoms with Gasteiger partial charge >= 0.3 is 0 Å². The van der Waals surface area contributed by atoms with E-state index in [0.717, 1.165) is 0 Å². The first-order chi connectivity index (χ1) is 7.47. The predicted octanol–water partition coefficient (Wildman–Crippen LogP) is -1.13. The molecular weight excluding hydrogens is 216 g/mol. The van der Waals surface area contributed by atoms with E-state index in [4.69, 9.17) is 14.2 Å². The average Bonchev–Trinajstić information content (AvgIpc) is 2.21. The summed E-state index contributed by atoms with van der Waals surface area (Å²) in [6.07, 6.45) is -5.39. The zero-order valence-corrected chi connectivity index (χ0v) is 9.74. The van der Waals surface area contributed by atoms with Gasteiger partial charge in [-0.15, -0.1) is 0 Å². The van der Waals surface area contributed by atoms with Gasteiger partial charge in [0.05, 0.1) is 12.7 Å². The van der Waals surface area contributed by atoms with Crippen molar-refractivity contribution in [3.8, 4) is 0 Å². The van der Waals surface area contributed by atoms with Gasteiger partial charge in [-0.3, -0.25) is 0 Å². The van der Waals surface area contributed by atoms with Crippen molar-refractivity contribution in [1.29, 1.82) is 0 Å². The molecule has 6 nitrogen and oxygen atoms in total. The summed E-state index contributed by atoms with van der Waals surface area (Å²) in [6.45, 7) is 3.81. The molecule has 5 atom stereocenters. The lowest BCUT2D eigenvalue weighted by atomic mass is 9.99. The van der Waals surface area contributed by atoms with Crippen LogP contribution in [0.5, 0.6) is 0 Å². The van der Waals surface area contributed by atoms with Gasteiger partial charge in [-0.25, -0.2) is 0 Å². The Hall–Kier alpha value is -0.240. The Morgan fingerprint density at radius 1 is 1.19 bits per heavy atom. The molecule has 16 heavy (non-hydrogen) atoms. The minimum Gasteiger partial charge on any atom is -0.387 e. The standard InChI is InChI=1S/C10H20O6/c1-5(2)15-9-6(4-14-3)16-10(13)8(12)7(9)11/h5-13H,4H2,1-3H3/t6-,7-,8+,9-,10-/m1/s1. The van der Waals surface area contributed by atoms with Gasteiger partial charge in [-0.2, -0.15) is 0 Å². The molecule has 0 bridgehead atoms. The van der Waals surface area contributed by atoms with Crippen LogP contribution < -0.4 is 0 Å². The van der Waals surface area contributed by atoms with Crippen molar-refractivity contribution in [2.45, 2.75) is 50.7 Å². The molecule has 0 aromatic rings. The Balaban J connectivity index is 2.71. The maximum atomic E-state index is 9.78. The Bertz CT molecular complexity index is 209. The second-order valence-corrected chi connectivity index (χ2v) is 4.15. The second kappa shape index (κ2) is 5.90. The highest BCUT2D eigenvalue weighted by atomic mass is 16.7. The lowest BCUT2D eigenvalue weighted by molar-refractivity contribution is -0.299. The van der Waals surface area contributed by atoms with Gasteiger partial charge in [-0.1, -0.05) is 0 Å². The van der Waals surface area contributed by atoms with E-state index in [1.54, 1.807) is 0 Å². The molecule has 0 aromatic heterocycles. The smallest absolute Gasteiger partial charge is 0.184 e. The molecule has 0 radical (unpaired) electrons. The summed E-state index contributed by atoms with van der Waals surface area (Å²) >= 11 is 0.